The van der Waals surface area contributed by atoms with Gasteiger partial charge in [-0.25, -0.2) is 5.43 Å². The molecule has 0 atom stereocenters. The second-order valence-corrected chi connectivity index (χ2v) is 7.68. The number of alkyl halides is 3. The Morgan fingerprint density at radius 2 is 1.81 bits per heavy atom. The number of para-hydroxylation sites is 1. The van der Waals surface area contributed by atoms with Crippen LogP contribution < -0.4 is 20.8 Å². The lowest BCUT2D eigenvalue weighted by molar-refractivity contribution is -0.139. The Hall–Kier alpha value is -3.93. The fourth-order valence-electron chi connectivity index (χ4n) is 2.72. The molecule has 2 aromatic carbocycles. The van der Waals surface area contributed by atoms with Crippen molar-refractivity contribution in [3.63, 3.8) is 0 Å². The minimum atomic E-state index is -4.53. The maximum atomic E-state index is 12.8. The van der Waals surface area contributed by atoms with Crippen molar-refractivity contribution >= 4 is 29.6 Å². The van der Waals surface area contributed by atoms with Gasteiger partial charge in [0.1, 0.15) is 5.75 Å². The molecule has 2 rings (SSSR count). The van der Waals surface area contributed by atoms with Crippen LogP contribution in [0.3, 0.4) is 0 Å². The molecule has 3 amide bonds. The van der Waals surface area contributed by atoms with Crippen LogP contribution in [0.15, 0.2) is 53.6 Å². The highest BCUT2D eigenvalue weighted by Crippen LogP contribution is 2.30. The fraction of sp³-hybridized carbons (Fsp3) is 0.333. The maximum absolute atomic E-state index is 12.8. The number of ether oxygens (including phenoxy) is 2. The van der Waals surface area contributed by atoms with Crippen LogP contribution in [0.2, 0.25) is 0 Å². The molecule has 194 valence electrons. The molecule has 9 nitrogen and oxygen atoms in total. The zero-order valence-corrected chi connectivity index (χ0v) is 19.7. The number of halogens is 3. The molecule has 0 heterocycles. The van der Waals surface area contributed by atoms with Gasteiger partial charge < -0.3 is 20.1 Å². The van der Waals surface area contributed by atoms with E-state index in [1.54, 1.807) is 18.2 Å². The van der Waals surface area contributed by atoms with Gasteiger partial charge in [-0.2, -0.15) is 18.3 Å². The van der Waals surface area contributed by atoms with Crippen LogP contribution in [0, 0.1) is 0 Å². The molecule has 0 aliphatic carbocycles. The first-order valence-corrected chi connectivity index (χ1v) is 11.0. The Kier molecular flexibility index (Phi) is 10.9. The molecular formula is C24H27F3N4O5. The lowest BCUT2D eigenvalue weighted by atomic mass is 10.2. The molecule has 3 N–H and O–H groups in total. The maximum Gasteiger partial charge on any atom is 0.416 e. The SMILES string of the molecule is CC(C)OCCCNC(=O)C(=O)N/N=C\c1ccccc1OCC(=O)Nc1cccc(C(F)(F)F)c1. The molecule has 0 bridgehead atoms. The number of nitrogens with zero attached hydrogens (tertiary/aromatic N) is 1. The fourth-order valence-corrected chi connectivity index (χ4v) is 2.72. The van der Waals surface area contributed by atoms with Gasteiger partial charge in [0.2, 0.25) is 0 Å². The zero-order chi connectivity index (χ0) is 26.6. The van der Waals surface area contributed by atoms with Crippen LogP contribution in [-0.2, 0) is 25.3 Å². The largest absolute Gasteiger partial charge is 0.483 e. The molecule has 0 radical (unpaired) electrons. The van der Waals surface area contributed by atoms with E-state index in [1.165, 1.54) is 24.4 Å². The topological polar surface area (TPSA) is 118 Å². The summed E-state index contributed by atoms with van der Waals surface area (Å²) < 4.78 is 49.2. The molecule has 0 aliphatic heterocycles. The minimum Gasteiger partial charge on any atom is -0.483 e. The highest BCUT2D eigenvalue weighted by Gasteiger charge is 2.30. The number of hydrogen-bond acceptors (Lipinski definition) is 6. The third-order valence-corrected chi connectivity index (χ3v) is 4.39. The predicted octanol–water partition coefficient (Wildman–Crippen LogP) is 3.10. The van der Waals surface area contributed by atoms with E-state index in [0.717, 1.165) is 12.1 Å². The molecule has 0 aromatic heterocycles. The molecule has 0 aliphatic rings. The number of benzene rings is 2. The number of nitrogens with one attached hydrogen (secondary N) is 3. The zero-order valence-electron chi connectivity index (χ0n) is 19.7. The van der Waals surface area contributed by atoms with Gasteiger partial charge in [0.05, 0.1) is 17.9 Å². The summed E-state index contributed by atoms with van der Waals surface area (Å²) in [4.78, 5) is 35.8. The van der Waals surface area contributed by atoms with Crippen LogP contribution in [0.5, 0.6) is 5.75 Å². The molecule has 2 aromatic rings. The van der Waals surface area contributed by atoms with E-state index in [1.807, 2.05) is 13.8 Å². The van der Waals surface area contributed by atoms with Gasteiger partial charge in [-0.3, -0.25) is 14.4 Å². The molecule has 36 heavy (non-hydrogen) atoms. The van der Waals surface area contributed by atoms with Gasteiger partial charge in [0, 0.05) is 24.4 Å². The quantitative estimate of drug-likeness (QED) is 0.187. The van der Waals surface area contributed by atoms with Gasteiger partial charge in [-0.05, 0) is 50.6 Å². The normalized spacial score (nSPS) is 11.4. The van der Waals surface area contributed by atoms with Crippen LogP contribution in [0.1, 0.15) is 31.4 Å². The standard InChI is InChI=1S/C24H27F3N4O5/c1-16(2)35-12-6-11-28-22(33)23(34)31-29-14-17-7-3-4-10-20(17)36-15-21(32)30-19-9-5-8-18(13-19)24(25,26)27/h3-5,7-10,13-14,16H,6,11-12,15H2,1-2H3,(H,28,33)(H,30,32)(H,31,34)/b29-14-. The van der Waals surface area contributed by atoms with Crippen LogP contribution in [0.25, 0.3) is 0 Å². The monoisotopic (exact) mass is 508 g/mol. The van der Waals surface area contributed by atoms with Crippen molar-refractivity contribution in [2.75, 3.05) is 25.1 Å². The summed E-state index contributed by atoms with van der Waals surface area (Å²) in [6.45, 7) is 4.01. The molecule has 0 unspecified atom stereocenters. The first-order valence-electron chi connectivity index (χ1n) is 11.0. The number of carbonyl (C=O) groups excluding carboxylic acids is 3. The van der Waals surface area contributed by atoms with Crippen molar-refractivity contribution < 1.29 is 37.0 Å². The van der Waals surface area contributed by atoms with Crippen molar-refractivity contribution in [1.82, 2.24) is 10.7 Å². The summed E-state index contributed by atoms with van der Waals surface area (Å²) in [6.07, 6.45) is -2.68. The van der Waals surface area contributed by atoms with Crippen LogP contribution in [0.4, 0.5) is 18.9 Å². The number of anilines is 1. The van der Waals surface area contributed by atoms with Crippen molar-refractivity contribution in [3.05, 3.63) is 59.7 Å². The summed E-state index contributed by atoms with van der Waals surface area (Å²) in [5.41, 5.74) is 1.56. The first kappa shape index (κ1) is 28.3. The van der Waals surface area contributed by atoms with Gasteiger partial charge in [0.25, 0.3) is 5.91 Å². The first-order chi connectivity index (χ1) is 17.1. The minimum absolute atomic E-state index is 0.0262. The Bertz CT molecular complexity index is 1070. The Labute approximate surface area is 206 Å². The average molecular weight is 508 g/mol. The van der Waals surface area contributed by atoms with Crippen molar-refractivity contribution in [2.45, 2.75) is 32.5 Å². The number of amides is 3. The second kappa shape index (κ2) is 13.8. The second-order valence-electron chi connectivity index (χ2n) is 7.68. The van der Waals surface area contributed by atoms with Gasteiger partial charge in [0.15, 0.2) is 6.61 Å². The average Bonchev–Trinajstić information content (AvgIpc) is 2.82. The van der Waals surface area contributed by atoms with Crippen molar-refractivity contribution in [1.29, 1.82) is 0 Å². The summed E-state index contributed by atoms with van der Waals surface area (Å²) in [5, 5.41) is 8.50. The molecule has 0 saturated heterocycles. The van der Waals surface area contributed by atoms with Crippen molar-refractivity contribution in [2.24, 2.45) is 5.10 Å². The van der Waals surface area contributed by atoms with E-state index in [9.17, 15) is 27.6 Å². The van der Waals surface area contributed by atoms with Crippen LogP contribution >= 0.6 is 0 Å². The number of hydrogen-bond donors (Lipinski definition) is 3. The van der Waals surface area contributed by atoms with E-state index in [4.69, 9.17) is 9.47 Å². The highest BCUT2D eigenvalue weighted by atomic mass is 19.4. The summed E-state index contributed by atoms with van der Waals surface area (Å²) >= 11 is 0. The van der Waals surface area contributed by atoms with E-state index in [-0.39, 0.29) is 24.1 Å². The summed E-state index contributed by atoms with van der Waals surface area (Å²) in [7, 11) is 0. The Balaban J connectivity index is 1.84. The van der Waals surface area contributed by atoms with E-state index < -0.39 is 36.1 Å². The molecule has 12 heteroatoms. The third-order valence-electron chi connectivity index (χ3n) is 4.39. The van der Waals surface area contributed by atoms with E-state index in [2.05, 4.69) is 21.2 Å². The number of rotatable bonds is 11. The lowest BCUT2D eigenvalue weighted by Crippen LogP contribution is -2.38. The third kappa shape index (κ3) is 10.1. The van der Waals surface area contributed by atoms with E-state index in [0.29, 0.717) is 18.6 Å². The summed E-state index contributed by atoms with van der Waals surface area (Å²) in [6, 6.07) is 10.6. The van der Waals surface area contributed by atoms with Gasteiger partial charge in [-0.15, -0.1) is 0 Å². The summed E-state index contributed by atoms with van der Waals surface area (Å²) in [5.74, 6) is -2.27. The lowest BCUT2D eigenvalue weighted by Gasteiger charge is -2.11. The smallest absolute Gasteiger partial charge is 0.416 e. The number of carbonyl (C=O) groups is 3. The molecule has 0 fully saturated rings. The highest BCUT2D eigenvalue weighted by molar-refractivity contribution is 6.35. The molecule has 0 spiro atoms. The van der Waals surface area contributed by atoms with Gasteiger partial charge >= 0.3 is 18.0 Å². The molecule has 0 saturated carbocycles. The Morgan fingerprint density at radius 1 is 1.06 bits per heavy atom. The van der Waals surface area contributed by atoms with Crippen molar-refractivity contribution in [3.8, 4) is 5.75 Å². The van der Waals surface area contributed by atoms with Gasteiger partial charge in [-0.1, -0.05) is 18.2 Å². The van der Waals surface area contributed by atoms with Crippen LogP contribution in [-0.4, -0.2) is 49.8 Å². The van der Waals surface area contributed by atoms with E-state index >= 15 is 0 Å². The number of hydrazone groups is 1. The Morgan fingerprint density at radius 3 is 2.53 bits per heavy atom. The molecular weight excluding hydrogens is 481 g/mol. The predicted molar refractivity (Wildman–Crippen MR) is 126 cm³/mol.